The Morgan fingerprint density at radius 1 is 1.19 bits per heavy atom. The van der Waals surface area contributed by atoms with Crippen molar-refractivity contribution in [2.24, 2.45) is 5.92 Å². The zero-order valence-corrected chi connectivity index (χ0v) is 12.9. The molecule has 2 fully saturated rings. The molecule has 0 aromatic rings. The smallest absolute Gasteiger partial charge is 0.326 e. The largest absolute Gasteiger partial charge is 0.480 e. The summed E-state index contributed by atoms with van der Waals surface area (Å²) in [6.45, 7) is 2.50. The van der Waals surface area contributed by atoms with Crippen LogP contribution in [0.2, 0.25) is 0 Å². The molecule has 0 spiro atoms. The predicted octanol–water partition coefficient (Wildman–Crippen LogP) is 1.53. The molecule has 4 unspecified atom stereocenters. The lowest BCUT2D eigenvalue weighted by molar-refractivity contribution is -0.144. The fourth-order valence-electron chi connectivity index (χ4n) is 3.49. The Kier molecular flexibility index (Phi) is 5.08. The maximum absolute atomic E-state index is 12.6. The Morgan fingerprint density at radius 3 is 2.48 bits per heavy atom. The Morgan fingerprint density at radius 2 is 1.86 bits per heavy atom. The minimum absolute atomic E-state index is 0.194. The second-order valence-electron chi connectivity index (χ2n) is 6.49. The second-order valence-corrected chi connectivity index (χ2v) is 6.49. The number of amides is 2. The van der Waals surface area contributed by atoms with Crippen LogP contribution in [-0.4, -0.2) is 63.8 Å². The topological polar surface area (TPSA) is 81.1 Å². The molecule has 2 rings (SSSR count). The average Bonchev–Trinajstić information content (AvgIpc) is 2.46. The third-order valence-electron chi connectivity index (χ3n) is 4.89. The standard InChI is InChI=1S/C15H26N2O4/c1-10-7-8-17(12(9-10)14(19)20)15(21)16(2)11-5-3-4-6-13(11)18/h10-13,18H,3-9H2,1-2H3,(H,19,20). The molecule has 1 aliphatic carbocycles. The number of hydrogen-bond acceptors (Lipinski definition) is 3. The van der Waals surface area contributed by atoms with Gasteiger partial charge in [0.2, 0.25) is 0 Å². The van der Waals surface area contributed by atoms with Crippen LogP contribution in [0.25, 0.3) is 0 Å². The highest BCUT2D eigenvalue weighted by Crippen LogP contribution is 2.27. The summed E-state index contributed by atoms with van der Waals surface area (Å²) in [5.74, 6) is -0.617. The normalized spacial score (nSPS) is 33.6. The van der Waals surface area contributed by atoms with Crippen molar-refractivity contribution in [2.75, 3.05) is 13.6 Å². The number of carboxylic acid groups (broad SMARTS) is 1. The number of aliphatic hydroxyl groups is 1. The molecule has 1 aliphatic heterocycles. The maximum atomic E-state index is 12.6. The molecule has 1 heterocycles. The van der Waals surface area contributed by atoms with Crippen LogP contribution in [0.4, 0.5) is 4.79 Å². The van der Waals surface area contributed by atoms with Gasteiger partial charge < -0.3 is 20.0 Å². The fourth-order valence-corrected chi connectivity index (χ4v) is 3.49. The van der Waals surface area contributed by atoms with E-state index in [1.807, 2.05) is 6.92 Å². The van der Waals surface area contributed by atoms with Crippen LogP contribution in [0.15, 0.2) is 0 Å². The Hall–Kier alpha value is -1.30. The van der Waals surface area contributed by atoms with Crippen LogP contribution < -0.4 is 0 Å². The zero-order valence-electron chi connectivity index (χ0n) is 12.9. The summed E-state index contributed by atoms with van der Waals surface area (Å²) in [6.07, 6.45) is 4.31. The molecule has 1 saturated carbocycles. The quantitative estimate of drug-likeness (QED) is 0.810. The second kappa shape index (κ2) is 6.64. The van der Waals surface area contributed by atoms with E-state index in [0.717, 1.165) is 25.7 Å². The number of rotatable bonds is 2. The van der Waals surface area contributed by atoms with Crippen LogP contribution in [0.3, 0.4) is 0 Å². The summed E-state index contributed by atoms with van der Waals surface area (Å²) in [5.41, 5.74) is 0. The lowest BCUT2D eigenvalue weighted by Gasteiger charge is -2.42. The first-order chi connectivity index (χ1) is 9.91. The monoisotopic (exact) mass is 298 g/mol. The third kappa shape index (κ3) is 3.48. The minimum Gasteiger partial charge on any atom is -0.480 e. The third-order valence-corrected chi connectivity index (χ3v) is 4.89. The summed E-state index contributed by atoms with van der Waals surface area (Å²) in [5, 5.41) is 19.4. The Labute approximate surface area is 125 Å². The van der Waals surface area contributed by atoms with E-state index < -0.39 is 18.1 Å². The molecule has 0 radical (unpaired) electrons. The van der Waals surface area contributed by atoms with Gasteiger partial charge in [0.25, 0.3) is 0 Å². The molecule has 0 aromatic heterocycles. The van der Waals surface area contributed by atoms with Gasteiger partial charge in [-0.3, -0.25) is 0 Å². The van der Waals surface area contributed by atoms with E-state index in [9.17, 15) is 19.8 Å². The number of likely N-dealkylation sites (tertiary alicyclic amines) is 1. The summed E-state index contributed by atoms with van der Waals surface area (Å²) in [4.78, 5) is 27.1. The first kappa shape index (κ1) is 16.1. The molecule has 21 heavy (non-hydrogen) atoms. The van der Waals surface area contributed by atoms with Gasteiger partial charge >= 0.3 is 12.0 Å². The number of nitrogens with zero attached hydrogens (tertiary/aromatic N) is 2. The van der Waals surface area contributed by atoms with Gasteiger partial charge in [0.1, 0.15) is 6.04 Å². The van der Waals surface area contributed by atoms with Gasteiger partial charge in [-0.2, -0.15) is 0 Å². The molecular formula is C15H26N2O4. The van der Waals surface area contributed by atoms with E-state index in [4.69, 9.17) is 0 Å². The number of hydrogen-bond donors (Lipinski definition) is 2. The van der Waals surface area contributed by atoms with Gasteiger partial charge in [-0.25, -0.2) is 9.59 Å². The van der Waals surface area contributed by atoms with Gasteiger partial charge in [-0.1, -0.05) is 19.8 Å². The molecule has 1 saturated heterocycles. The number of aliphatic hydroxyl groups excluding tert-OH is 1. The van der Waals surface area contributed by atoms with Gasteiger partial charge in [0.05, 0.1) is 12.1 Å². The van der Waals surface area contributed by atoms with Crippen molar-refractivity contribution in [1.82, 2.24) is 9.80 Å². The van der Waals surface area contributed by atoms with Gasteiger partial charge in [-0.05, 0) is 31.6 Å². The summed E-state index contributed by atoms with van der Waals surface area (Å²) >= 11 is 0. The number of aliphatic carboxylic acids is 1. The van der Waals surface area contributed by atoms with Crippen molar-refractivity contribution in [3.8, 4) is 0 Å². The molecular weight excluding hydrogens is 272 g/mol. The Bertz CT molecular complexity index is 401. The number of urea groups is 1. The fraction of sp³-hybridized carbons (Fsp3) is 0.867. The van der Waals surface area contributed by atoms with Crippen molar-refractivity contribution in [1.29, 1.82) is 0 Å². The van der Waals surface area contributed by atoms with Crippen molar-refractivity contribution in [3.05, 3.63) is 0 Å². The first-order valence-corrected chi connectivity index (χ1v) is 7.86. The van der Waals surface area contributed by atoms with E-state index in [1.165, 1.54) is 4.90 Å². The average molecular weight is 298 g/mol. The molecule has 120 valence electrons. The molecule has 2 amide bonds. The number of likely N-dealkylation sites (N-methyl/N-ethyl adjacent to an activating group) is 1. The SMILES string of the molecule is CC1CCN(C(=O)N(C)C2CCCCC2O)C(C(=O)O)C1. The van der Waals surface area contributed by atoms with Crippen molar-refractivity contribution in [3.63, 3.8) is 0 Å². The molecule has 0 aromatic carbocycles. The van der Waals surface area contributed by atoms with Crippen LogP contribution in [0.1, 0.15) is 45.4 Å². The minimum atomic E-state index is -0.938. The molecule has 2 N–H and O–H groups in total. The summed E-state index contributed by atoms with van der Waals surface area (Å²) < 4.78 is 0. The van der Waals surface area contributed by atoms with Crippen LogP contribution in [0, 0.1) is 5.92 Å². The highest BCUT2D eigenvalue weighted by atomic mass is 16.4. The van der Waals surface area contributed by atoms with Crippen molar-refractivity contribution in [2.45, 2.75) is 63.6 Å². The summed E-state index contributed by atoms with van der Waals surface area (Å²) in [6, 6.07) is -1.20. The van der Waals surface area contributed by atoms with Crippen molar-refractivity contribution < 1.29 is 19.8 Å². The maximum Gasteiger partial charge on any atom is 0.326 e. The number of piperidine rings is 1. The van der Waals surface area contributed by atoms with E-state index in [2.05, 4.69) is 0 Å². The molecule has 6 heteroatoms. The molecule has 0 bridgehead atoms. The van der Waals surface area contributed by atoms with Gasteiger partial charge in [-0.15, -0.1) is 0 Å². The summed E-state index contributed by atoms with van der Waals surface area (Å²) in [7, 11) is 1.68. The van der Waals surface area contributed by atoms with Crippen molar-refractivity contribution >= 4 is 12.0 Å². The van der Waals surface area contributed by atoms with Gasteiger partial charge in [0, 0.05) is 13.6 Å². The van der Waals surface area contributed by atoms with Crippen LogP contribution in [-0.2, 0) is 4.79 Å². The number of carbonyl (C=O) groups excluding carboxylic acids is 1. The van der Waals surface area contributed by atoms with E-state index in [-0.39, 0.29) is 12.1 Å². The van der Waals surface area contributed by atoms with E-state index >= 15 is 0 Å². The molecule has 6 nitrogen and oxygen atoms in total. The van der Waals surface area contributed by atoms with E-state index in [1.54, 1.807) is 11.9 Å². The molecule has 2 aliphatic rings. The first-order valence-electron chi connectivity index (χ1n) is 7.86. The highest BCUT2D eigenvalue weighted by Gasteiger charge is 2.38. The van der Waals surface area contributed by atoms with E-state index in [0.29, 0.717) is 25.3 Å². The van der Waals surface area contributed by atoms with Gasteiger partial charge in [0.15, 0.2) is 0 Å². The zero-order chi connectivity index (χ0) is 15.6. The number of carboxylic acids is 1. The lowest BCUT2D eigenvalue weighted by Crippen LogP contribution is -2.57. The Balaban J connectivity index is 2.07. The predicted molar refractivity (Wildman–Crippen MR) is 77.9 cm³/mol. The highest BCUT2D eigenvalue weighted by molar-refractivity contribution is 5.83. The number of carbonyl (C=O) groups is 2. The lowest BCUT2D eigenvalue weighted by atomic mass is 9.91. The van der Waals surface area contributed by atoms with Crippen LogP contribution >= 0.6 is 0 Å². The van der Waals surface area contributed by atoms with Crippen LogP contribution in [0.5, 0.6) is 0 Å². The molecule has 4 atom stereocenters.